The lowest BCUT2D eigenvalue weighted by Crippen LogP contribution is -2.16. The van der Waals surface area contributed by atoms with Crippen molar-refractivity contribution in [3.63, 3.8) is 0 Å². The number of carbonyl (C=O) groups excluding carboxylic acids is 2. The van der Waals surface area contributed by atoms with Gasteiger partial charge in [0.2, 0.25) is 0 Å². The summed E-state index contributed by atoms with van der Waals surface area (Å²) in [4.78, 5) is 57.4. The number of hydrogen-bond donors (Lipinski definition) is 2. The zero-order valence-electron chi connectivity index (χ0n) is 63.8. The van der Waals surface area contributed by atoms with E-state index in [0.29, 0.717) is 45.3 Å². The Morgan fingerprint density at radius 1 is 0.240 bits per heavy atom. The van der Waals surface area contributed by atoms with E-state index >= 15 is 0 Å². The van der Waals surface area contributed by atoms with Crippen molar-refractivity contribution in [3.05, 3.63) is 213 Å². The number of nitrogens with zero attached hydrogens (tertiary/aromatic N) is 4. The minimum absolute atomic E-state index is 0.186. The average Bonchev–Trinajstić information content (AvgIpc) is 1.55. The number of H-pyrrole nitrogens is 2. The van der Waals surface area contributed by atoms with Gasteiger partial charge in [-0.3, -0.25) is 9.59 Å². The molecule has 8 heteroatoms. The van der Waals surface area contributed by atoms with Crippen LogP contribution in [0.15, 0.2) is 146 Å². The molecular weight excluding hydrogens is 1220 g/mol. The van der Waals surface area contributed by atoms with Crippen LogP contribution in [0.25, 0.3) is 124 Å². The molecular formula is C92H102N6O2. The molecule has 512 valence electrons. The molecule has 0 saturated heterocycles. The highest BCUT2D eigenvalue weighted by atomic mass is 16.1. The number of nitrogens with one attached hydrogen (secondary N) is 2. The van der Waals surface area contributed by atoms with Gasteiger partial charge in [0.1, 0.15) is 35.3 Å². The van der Waals surface area contributed by atoms with E-state index in [-0.39, 0.29) is 43.3 Å². The van der Waals surface area contributed by atoms with Gasteiger partial charge in [-0.05, 0) is 146 Å². The molecule has 2 aliphatic heterocycles. The molecule has 2 N–H and O–H groups in total. The Labute approximate surface area is 594 Å². The number of aromatic nitrogens is 6. The van der Waals surface area contributed by atoms with Gasteiger partial charge in [-0.2, -0.15) is 0 Å². The number of rotatable bonds is 8. The van der Waals surface area contributed by atoms with E-state index < -0.39 is 0 Å². The minimum Gasteiger partial charge on any atom is -0.354 e. The zero-order chi connectivity index (χ0) is 72.5. The van der Waals surface area contributed by atoms with Crippen molar-refractivity contribution in [3.8, 4) is 89.8 Å². The summed E-state index contributed by atoms with van der Waals surface area (Å²) in [6.45, 7) is 55.1. The first kappa shape index (κ1) is 70.5. The summed E-state index contributed by atoms with van der Waals surface area (Å²) in [5.74, 6) is 0. The molecule has 12 rings (SSSR count). The molecule has 0 amide bonds. The van der Waals surface area contributed by atoms with Crippen molar-refractivity contribution < 1.29 is 9.59 Å². The molecule has 8 nitrogen and oxygen atoms in total. The number of aromatic amines is 2. The molecule has 4 aromatic heterocycles. The Bertz CT molecular complexity index is 4700. The average molecular weight is 1320 g/mol. The second-order valence-electron chi connectivity index (χ2n) is 36.4. The third kappa shape index (κ3) is 13.8. The fourth-order valence-electron chi connectivity index (χ4n) is 13.5. The fourth-order valence-corrected chi connectivity index (χ4v) is 13.5. The molecule has 0 spiro atoms. The lowest BCUT2D eigenvalue weighted by molar-refractivity contribution is 0.111. The van der Waals surface area contributed by atoms with Crippen LogP contribution in [0, 0.1) is 0 Å². The van der Waals surface area contributed by atoms with Crippen LogP contribution >= 0.6 is 0 Å². The third-order valence-electron chi connectivity index (χ3n) is 20.1. The number of carbonyl (C=O) groups is 2. The molecule has 0 unspecified atom stereocenters. The Balaban J connectivity index is 1.41. The van der Waals surface area contributed by atoms with Crippen molar-refractivity contribution in [1.29, 1.82) is 0 Å². The number of fused-ring (bicyclic) bond motifs is 11. The number of benzene rings is 6. The van der Waals surface area contributed by atoms with Gasteiger partial charge in [0.15, 0.2) is 0 Å². The van der Waals surface area contributed by atoms with Crippen LogP contribution in [0.2, 0.25) is 0 Å². The van der Waals surface area contributed by atoms with Crippen LogP contribution in [0.4, 0.5) is 0 Å². The summed E-state index contributed by atoms with van der Waals surface area (Å²) >= 11 is 0. The molecule has 6 aromatic carbocycles. The van der Waals surface area contributed by atoms with E-state index in [1.807, 2.05) is 48.5 Å². The van der Waals surface area contributed by atoms with Gasteiger partial charge in [0.05, 0.1) is 22.8 Å². The molecule has 0 atom stereocenters. The maximum Gasteiger partial charge on any atom is 0.150 e. The smallest absolute Gasteiger partial charge is 0.150 e. The van der Waals surface area contributed by atoms with E-state index in [1.54, 1.807) is 0 Å². The van der Waals surface area contributed by atoms with Crippen molar-refractivity contribution in [2.45, 2.75) is 209 Å². The summed E-state index contributed by atoms with van der Waals surface area (Å²) in [5.41, 5.74) is 27.1. The van der Waals surface area contributed by atoms with Crippen molar-refractivity contribution in [2.75, 3.05) is 0 Å². The van der Waals surface area contributed by atoms with Gasteiger partial charge in [0, 0.05) is 66.6 Å². The predicted octanol–water partition coefficient (Wildman–Crippen LogP) is 24.6. The second kappa shape index (κ2) is 24.7. The summed E-state index contributed by atoms with van der Waals surface area (Å²) in [6, 6.07) is 52.6. The highest BCUT2D eigenvalue weighted by Gasteiger charge is 2.34. The lowest BCUT2D eigenvalue weighted by atomic mass is 9.78. The molecule has 10 aromatic rings. The molecule has 0 radical (unpaired) electrons. The highest BCUT2D eigenvalue weighted by molar-refractivity contribution is 6.05. The van der Waals surface area contributed by atoms with E-state index in [2.05, 4.69) is 285 Å². The van der Waals surface area contributed by atoms with Crippen LogP contribution in [0.1, 0.15) is 243 Å². The molecule has 2 aliphatic rings. The number of aldehydes is 2. The monoisotopic (exact) mass is 1320 g/mol. The first-order chi connectivity index (χ1) is 46.5. The maximum absolute atomic E-state index is 12.4. The largest absolute Gasteiger partial charge is 0.354 e. The van der Waals surface area contributed by atoms with Crippen molar-refractivity contribution >= 4 is 46.8 Å². The molecule has 0 fully saturated rings. The molecule has 100 heavy (non-hydrogen) atoms. The SMILES string of the molecule is CC(C)(C)c1cc(-c2c3nc(c(-c4cc(C(C)(C)C)cc(C(C)(C)C)c4)c4ccc([nH]4)c(-c4cc(C(C)(C)C)cc(C(C)(C)C)c4)c4nc(c(-c5cc(C(C)(C)C)cc(C(C)(C)C)c5)c5ccc2[nH]5)-c2nc(-c5ccc(C=O)cc5)c(-c5ccc(C=O)cc5)nc2-4)C=C3)cc(C(C)(C)C)c1. The van der Waals surface area contributed by atoms with Gasteiger partial charge in [0.25, 0.3) is 0 Å². The quantitative estimate of drug-likeness (QED) is 0.146. The Kier molecular flexibility index (Phi) is 17.4. The summed E-state index contributed by atoms with van der Waals surface area (Å²) in [5, 5.41) is 0. The second-order valence-corrected chi connectivity index (χ2v) is 36.4. The summed E-state index contributed by atoms with van der Waals surface area (Å²) in [6.07, 6.45) is 6.18. The first-order valence-corrected chi connectivity index (χ1v) is 35.6. The fraction of sp³-hybridized carbons (Fsp3) is 0.348. The van der Waals surface area contributed by atoms with Crippen LogP contribution in [0.5, 0.6) is 0 Å². The lowest BCUT2D eigenvalue weighted by Gasteiger charge is -2.26. The molecule has 0 aliphatic carbocycles. The van der Waals surface area contributed by atoms with E-state index in [9.17, 15) is 9.59 Å². The van der Waals surface area contributed by atoms with E-state index in [1.165, 1.54) is 44.5 Å². The van der Waals surface area contributed by atoms with Crippen molar-refractivity contribution in [2.24, 2.45) is 0 Å². The summed E-state index contributed by atoms with van der Waals surface area (Å²) < 4.78 is 0. The normalized spacial score (nSPS) is 13.2. The van der Waals surface area contributed by atoms with Crippen LogP contribution in [0.3, 0.4) is 0 Å². The topological polar surface area (TPSA) is 117 Å². The highest BCUT2D eigenvalue weighted by Crippen LogP contribution is 2.51. The molecule has 8 bridgehead atoms. The van der Waals surface area contributed by atoms with E-state index in [0.717, 1.165) is 102 Å². The van der Waals surface area contributed by atoms with Crippen LogP contribution in [-0.4, -0.2) is 42.5 Å². The van der Waals surface area contributed by atoms with Crippen LogP contribution in [-0.2, 0) is 43.3 Å². The van der Waals surface area contributed by atoms with Crippen molar-refractivity contribution in [1.82, 2.24) is 29.9 Å². The Morgan fingerprint density at radius 2 is 0.460 bits per heavy atom. The zero-order valence-corrected chi connectivity index (χ0v) is 63.8. The van der Waals surface area contributed by atoms with Crippen LogP contribution < -0.4 is 0 Å². The van der Waals surface area contributed by atoms with Gasteiger partial charge in [-0.1, -0.05) is 287 Å². The first-order valence-electron chi connectivity index (χ1n) is 35.6. The maximum atomic E-state index is 12.4. The minimum atomic E-state index is -0.254. The van der Waals surface area contributed by atoms with Gasteiger partial charge in [-0.25, -0.2) is 19.9 Å². The Hall–Kier alpha value is -9.40. The standard InChI is InChI=1S/C92H102N6O2/c1-85(2,3)61-39-57(40-62(47-61)86(4,5)6)75-69-33-34-70(93-69)76(58-41-63(87(7,8)9)48-64(42-58)88(10,11)12)72-36-38-74(95-72)78(60-45-67(91(19,20)21)50-68(46-60)92(22,23)24)82-84-83(96-79(55-29-25-53(51-99)26-30-55)80(97-84)56-31-27-54(52-100)28-32-56)81(98-82)77(73-37-35-71(75)94-73)59-43-65(89(13,14)15)49-66(44-59)90(16,17)18/h25-52,94-95H,1-24H3. The predicted molar refractivity (Wildman–Crippen MR) is 423 cm³/mol. The van der Waals surface area contributed by atoms with Gasteiger partial charge >= 0.3 is 0 Å². The molecule has 6 heterocycles. The summed E-state index contributed by atoms with van der Waals surface area (Å²) in [7, 11) is 0. The van der Waals surface area contributed by atoms with Gasteiger partial charge < -0.3 is 9.97 Å². The molecule has 0 saturated carbocycles. The van der Waals surface area contributed by atoms with Gasteiger partial charge in [-0.15, -0.1) is 0 Å². The third-order valence-corrected chi connectivity index (χ3v) is 20.1. The Morgan fingerprint density at radius 3 is 0.690 bits per heavy atom. The number of hydrogen-bond acceptors (Lipinski definition) is 6. The van der Waals surface area contributed by atoms with E-state index in [4.69, 9.17) is 19.9 Å².